The molecule has 0 saturated heterocycles. The second-order valence-corrected chi connectivity index (χ2v) is 3.06. The lowest BCUT2D eigenvalue weighted by Crippen LogP contribution is -2.04. The fraction of sp³-hybridized carbons (Fsp3) is 0.100. The van der Waals surface area contributed by atoms with E-state index in [-0.39, 0.29) is 11.4 Å². The number of carboxylic acids is 1. The maximum Gasteiger partial charge on any atom is 0.358 e. The van der Waals surface area contributed by atoms with Gasteiger partial charge in [-0.15, -0.1) is 0 Å². The van der Waals surface area contributed by atoms with Crippen LogP contribution in [0, 0.1) is 0 Å². The molecular weight excluding hydrogens is 212 g/mol. The molecule has 0 fully saturated rings. The van der Waals surface area contributed by atoms with E-state index in [1.165, 1.54) is 23.8 Å². The van der Waals surface area contributed by atoms with Gasteiger partial charge in [0.25, 0.3) is 0 Å². The molecular formula is C10H8N2O4. The predicted molar refractivity (Wildman–Crippen MR) is 53.5 cm³/mol. The predicted octanol–water partition coefficient (Wildman–Crippen LogP) is 0.819. The van der Waals surface area contributed by atoms with E-state index in [0.717, 1.165) is 0 Å². The van der Waals surface area contributed by atoms with Gasteiger partial charge in [0.05, 0.1) is 7.11 Å². The van der Waals surface area contributed by atoms with Crippen LogP contribution >= 0.6 is 0 Å². The molecule has 0 amide bonds. The summed E-state index contributed by atoms with van der Waals surface area (Å²) in [5.41, 5.74) is 0.511. The summed E-state index contributed by atoms with van der Waals surface area (Å²) in [6, 6.07) is 4.60. The van der Waals surface area contributed by atoms with Crippen LogP contribution in [-0.2, 0) is 4.74 Å². The molecule has 0 spiro atoms. The number of nitrogens with zero attached hydrogens (tertiary/aromatic N) is 2. The van der Waals surface area contributed by atoms with Gasteiger partial charge in [0.2, 0.25) is 0 Å². The molecule has 16 heavy (non-hydrogen) atoms. The number of rotatable bonds is 2. The van der Waals surface area contributed by atoms with E-state index >= 15 is 0 Å². The Kier molecular flexibility index (Phi) is 2.32. The molecule has 0 unspecified atom stereocenters. The van der Waals surface area contributed by atoms with E-state index in [0.29, 0.717) is 5.65 Å². The number of pyridine rings is 1. The first kappa shape index (κ1) is 10.2. The van der Waals surface area contributed by atoms with Gasteiger partial charge in [-0.25, -0.2) is 14.6 Å². The molecule has 0 aromatic carbocycles. The van der Waals surface area contributed by atoms with Crippen LogP contribution in [0.5, 0.6) is 0 Å². The van der Waals surface area contributed by atoms with Crippen LogP contribution in [0.3, 0.4) is 0 Å². The normalized spacial score (nSPS) is 10.3. The van der Waals surface area contributed by atoms with Crippen molar-refractivity contribution < 1.29 is 19.4 Å². The standard InChI is InChI=1S/C10H8N2O4/c1-16-10(15)6-5-12-7(9(13)14)3-2-4-8(12)11-6/h2-5H,1H3,(H,13,14). The van der Waals surface area contributed by atoms with Gasteiger partial charge >= 0.3 is 11.9 Å². The van der Waals surface area contributed by atoms with E-state index in [4.69, 9.17) is 5.11 Å². The zero-order valence-corrected chi connectivity index (χ0v) is 8.38. The topological polar surface area (TPSA) is 80.9 Å². The Morgan fingerprint density at radius 3 is 2.81 bits per heavy atom. The van der Waals surface area contributed by atoms with Crippen LogP contribution in [-0.4, -0.2) is 33.5 Å². The minimum Gasteiger partial charge on any atom is -0.477 e. The molecule has 0 atom stereocenters. The van der Waals surface area contributed by atoms with Crippen LogP contribution in [0.2, 0.25) is 0 Å². The lowest BCUT2D eigenvalue weighted by Gasteiger charge is -1.97. The van der Waals surface area contributed by atoms with Crippen molar-refractivity contribution in [2.24, 2.45) is 0 Å². The van der Waals surface area contributed by atoms with Crippen LogP contribution in [0.4, 0.5) is 0 Å². The average molecular weight is 220 g/mol. The number of imidazole rings is 1. The van der Waals surface area contributed by atoms with Crippen molar-refractivity contribution in [2.45, 2.75) is 0 Å². The molecule has 6 heteroatoms. The summed E-state index contributed by atoms with van der Waals surface area (Å²) >= 11 is 0. The largest absolute Gasteiger partial charge is 0.477 e. The Bertz CT molecular complexity index is 573. The van der Waals surface area contributed by atoms with Gasteiger partial charge in [0, 0.05) is 6.20 Å². The molecule has 0 bridgehead atoms. The van der Waals surface area contributed by atoms with Crippen molar-refractivity contribution in [1.29, 1.82) is 0 Å². The number of aromatic nitrogens is 2. The third-order valence-corrected chi connectivity index (χ3v) is 2.11. The first-order chi connectivity index (χ1) is 7.63. The lowest BCUT2D eigenvalue weighted by atomic mass is 10.3. The summed E-state index contributed by atoms with van der Waals surface area (Å²) in [5, 5.41) is 8.92. The van der Waals surface area contributed by atoms with Gasteiger partial charge in [-0.05, 0) is 12.1 Å². The molecule has 0 aliphatic heterocycles. The summed E-state index contributed by atoms with van der Waals surface area (Å²) < 4.78 is 5.83. The molecule has 2 aromatic rings. The van der Waals surface area contributed by atoms with Crippen LogP contribution in [0.1, 0.15) is 21.0 Å². The van der Waals surface area contributed by atoms with Gasteiger partial charge in [0.15, 0.2) is 5.69 Å². The number of ether oxygens (including phenoxy) is 1. The number of carbonyl (C=O) groups is 2. The fourth-order valence-electron chi connectivity index (χ4n) is 1.39. The van der Waals surface area contributed by atoms with E-state index in [2.05, 4.69) is 9.72 Å². The molecule has 2 aromatic heterocycles. The zero-order chi connectivity index (χ0) is 11.7. The Balaban J connectivity index is 2.65. The highest BCUT2D eigenvalue weighted by molar-refractivity contribution is 5.90. The molecule has 1 N–H and O–H groups in total. The summed E-state index contributed by atoms with van der Waals surface area (Å²) in [5.74, 6) is -1.68. The number of esters is 1. The zero-order valence-electron chi connectivity index (χ0n) is 8.38. The molecule has 0 aliphatic rings. The average Bonchev–Trinajstić information content (AvgIpc) is 2.70. The van der Waals surface area contributed by atoms with Crippen molar-refractivity contribution in [3.63, 3.8) is 0 Å². The van der Waals surface area contributed by atoms with E-state index in [1.54, 1.807) is 12.1 Å². The number of fused-ring (bicyclic) bond motifs is 1. The van der Waals surface area contributed by atoms with Crippen LogP contribution < -0.4 is 0 Å². The molecule has 0 saturated carbocycles. The molecule has 2 rings (SSSR count). The lowest BCUT2D eigenvalue weighted by molar-refractivity contribution is 0.0593. The number of methoxy groups -OCH3 is 1. The Morgan fingerprint density at radius 2 is 2.19 bits per heavy atom. The Hall–Kier alpha value is -2.37. The molecule has 2 heterocycles. The van der Waals surface area contributed by atoms with Crippen molar-refractivity contribution in [3.05, 3.63) is 35.8 Å². The maximum atomic E-state index is 11.2. The number of hydrogen-bond acceptors (Lipinski definition) is 4. The SMILES string of the molecule is COC(=O)c1cn2c(C(=O)O)cccc2n1. The second-order valence-electron chi connectivity index (χ2n) is 3.06. The molecule has 82 valence electrons. The van der Waals surface area contributed by atoms with E-state index in [9.17, 15) is 9.59 Å². The van der Waals surface area contributed by atoms with Crippen molar-refractivity contribution in [1.82, 2.24) is 9.38 Å². The quantitative estimate of drug-likeness (QED) is 0.757. The third kappa shape index (κ3) is 1.50. The molecule has 0 radical (unpaired) electrons. The minimum absolute atomic E-state index is 0.0418. The van der Waals surface area contributed by atoms with Gasteiger partial charge < -0.3 is 9.84 Å². The maximum absolute atomic E-state index is 11.2. The van der Waals surface area contributed by atoms with Gasteiger partial charge in [-0.1, -0.05) is 6.07 Å². The summed E-state index contributed by atoms with van der Waals surface area (Å²) in [4.78, 5) is 26.1. The van der Waals surface area contributed by atoms with E-state index < -0.39 is 11.9 Å². The van der Waals surface area contributed by atoms with Crippen LogP contribution in [0.15, 0.2) is 24.4 Å². The van der Waals surface area contributed by atoms with Gasteiger partial charge in [0.1, 0.15) is 11.3 Å². The highest BCUT2D eigenvalue weighted by atomic mass is 16.5. The minimum atomic E-state index is -1.08. The van der Waals surface area contributed by atoms with Gasteiger partial charge in [-0.3, -0.25) is 4.40 Å². The summed E-state index contributed by atoms with van der Waals surface area (Å²) in [6.07, 6.45) is 1.34. The number of carbonyl (C=O) groups excluding carboxylic acids is 1. The highest BCUT2D eigenvalue weighted by Crippen LogP contribution is 2.09. The van der Waals surface area contributed by atoms with E-state index in [1.807, 2.05) is 0 Å². The molecule has 0 aliphatic carbocycles. The monoisotopic (exact) mass is 220 g/mol. The number of carboxylic acid groups (broad SMARTS) is 1. The van der Waals surface area contributed by atoms with Crippen LogP contribution in [0.25, 0.3) is 5.65 Å². The van der Waals surface area contributed by atoms with Crippen molar-refractivity contribution in [2.75, 3.05) is 7.11 Å². The number of hydrogen-bond donors (Lipinski definition) is 1. The smallest absolute Gasteiger partial charge is 0.358 e. The highest BCUT2D eigenvalue weighted by Gasteiger charge is 2.14. The first-order valence-corrected chi connectivity index (χ1v) is 4.43. The summed E-state index contributed by atoms with van der Waals surface area (Å²) in [6.45, 7) is 0. The van der Waals surface area contributed by atoms with Crippen molar-refractivity contribution in [3.8, 4) is 0 Å². The Morgan fingerprint density at radius 1 is 1.44 bits per heavy atom. The van der Waals surface area contributed by atoms with Gasteiger partial charge in [-0.2, -0.15) is 0 Å². The third-order valence-electron chi connectivity index (χ3n) is 2.11. The second kappa shape index (κ2) is 3.65. The van der Waals surface area contributed by atoms with Crippen molar-refractivity contribution >= 4 is 17.6 Å². The molecule has 6 nitrogen and oxygen atoms in total. The Labute approximate surface area is 90.1 Å². The number of aromatic carboxylic acids is 1. The summed E-state index contributed by atoms with van der Waals surface area (Å²) in [7, 11) is 1.24. The first-order valence-electron chi connectivity index (χ1n) is 4.43. The fourth-order valence-corrected chi connectivity index (χ4v) is 1.39.